The predicted octanol–water partition coefficient (Wildman–Crippen LogP) is 2.21. The highest BCUT2D eigenvalue weighted by Crippen LogP contribution is 2.21. The molecule has 4 rings (SSSR count). The second-order valence-electron chi connectivity index (χ2n) is 11.1. The Kier molecular flexibility index (Phi) is 9.85. The third kappa shape index (κ3) is 7.99. The van der Waals surface area contributed by atoms with Crippen LogP contribution in [-0.4, -0.2) is 83.6 Å². The van der Waals surface area contributed by atoms with Gasteiger partial charge < -0.3 is 15.1 Å². The zero-order chi connectivity index (χ0) is 29.5. The largest absolute Gasteiger partial charge is 0.344 e. The molecular formula is C29H41N9O3. The van der Waals surface area contributed by atoms with Gasteiger partial charge in [-0.25, -0.2) is 14.6 Å². The van der Waals surface area contributed by atoms with Crippen molar-refractivity contribution in [1.82, 2.24) is 45.1 Å². The minimum Gasteiger partial charge on any atom is -0.344 e. The van der Waals surface area contributed by atoms with E-state index in [-0.39, 0.29) is 42.5 Å². The van der Waals surface area contributed by atoms with Gasteiger partial charge in [0.1, 0.15) is 23.5 Å². The van der Waals surface area contributed by atoms with Gasteiger partial charge in [0, 0.05) is 33.0 Å². The third-order valence-electron chi connectivity index (χ3n) is 7.35. The van der Waals surface area contributed by atoms with E-state index in [1.54, 1.807) is 23.6 Å². The molecule has 2 atom stereocenters. The molecule has 1 aliphatic heterocycles. The summed E-state index contributed by atoms with van der Waals surface area (Å²) in [6.45, 7) is 8.87. The van der Waals surface area contributed by atoms with Crippen LogP contribution in [0.4, 0.5) is 0 Å². The molecule has 1 aliphatic rings. The Balaban J connectivity index is 1.54. The fourth-order valence-electron chi connectivity index (χ4n) is 4.98. The van der Waals surface area contributed by atoms with Crippen LogP contribution in [0.5, 0.6) is 0 Å². The first-order valence-corrected chi connectivity index (χ1v) is 14.3. The van der Waals surface area contributed by atoms with Crippen LogP contribution in [0.15, 0.2) is 30.3 Å². The zero-order valence-electron chi connectivity index (χ0n) is 24.6. The number of likely N-dealkylation sites (N-methyl/N-ethyl adjacent to an activating group) is 1. The van der Waals surface area contributed by atoms with E-state index in [9.17, 15) is 14.4 Å². The van der Waals surface area contributed by atoms with Gasteiger partial charge >= 0.3 is 0 Å². The van der Waals surface area contributed by atoms with Crippen molar-refractivity contribution in [3.63, 3.8) is 0 Å². The Labute approximate surface area is 240 Å². The number of amides is 3. The smallest absolute Gasteiger partial charge is 0.243 e. The molecular weight excluding hydrogens is 522 g/mol. The van der Waals surface area contributed by atoms with E-state index in [0.29, 0.717) is 62.2 Å². The number of aromatic nitrogens is 6. The van der Waals surface area contributed by atoms with Crippen molar-refractivity contribution < 1.29 is 14.4 Å². The summed E-state index contributed by atoms with van der Waals surface area (Å²) >= 11 is 0. The van der Waals surface area contributed by atoms with Crippen molar-refractivity contribution in [2.45, 2.75) is 78.4 Å². The van der Waals surface area contributed by atoms with Crippen LogP contribution in [0.25, 0.3) is 0 Å². The van der Waals surface area contributed by atoms with E-state index >= 15 is 0 Å². The lowest BCUT2D eigenvalue weighted by molar-refractivity contribution is -0.139. The van der Waals surface area contributed by atoms with E-state index in [1.165, 1.54) is 4.90 Å². The molecule has 0 saturated heterocycles. The van der Waals surface area contributed by atoms with Crippen molar-refractivity contribution in [2.24, 2.45) is 5.92 Å². The predicted molar refractivity (Wildman–Crippen MR) is 152 cm³/mol. The highest BCUT2D eigenvalue weighted by Gasteiger charge is 2.29. The topological polar surface area (TPSA) is 142 Å². The molecule has 3 amide bonds. The molecule has 2 N–H and O–H groups in total. The molecule has 0 unspecified atom stereocenters. The maximum atomic E-state index is 13.5. The maximum Gasteiger partial charge on any atom is 0.243 e. The highest BCUT2D eigenvalue weighted by atomic mass is 16.2. The van der Waals surface area contributed by atoms with Crippen LogP contribution >= 0.6 is 0 Å². The molecule has 2 aromatic heterocycles. The first-order valence-electron chi connectivity index (χ1n) is 14.3. The molecule has 1 aromatic carbocycles. The van der Waals surface area contributed by atoms with Crippen molar-refractivity contribution in [3.8, 4) is 0 Å². The van der Waals surface area contributed by atoms with Crippen LogP contribution < -0.4 is 5.32 Å². The van der Waals surface area contributed by atoms with Gasteiger partial charge in [0.2, 0.25) is 17.7 Å². The van der Waals surface area contributed by atoms with Gasteiger partial charge in [-0.2, -0.15) is 10.2 Å². The molecule has 0 radical (unpaired) electrons. The van der Waals surface area contributed by atoms with E-state index in [4.69, 9.17) is 0 Å². The molecule has 12 nitrogen and oxygen atoms in total. The summed E-state index contributed by atoms with van der Waals surface area (Å²) in [5, 5.41) is 14.9. The lowest BCUT2D eigenvalue weighted by atomic mass is 10.0. The lowest BCUT2D eigenvalue weighted by Gasteiger charge is -2.29. The normalized spacial score (nSPS) is 19.2. The minimum absolute atomic E-state index is 0.0471. The molecule has 0 bridgehead atoms. The quantitative estimate of drug-likeness (QED) is 0.468. The summed E-state index contributed by atoms with van der Waals surface area (Å²) in [4.78, 5) is 51.9. The Morgan fingerprint density at radius 2 is 1.85 bits per heavy atom. The summed E-state index contributed by atoms with van der Waals surface area (Å²) in [6, 6.07) is 8.92. The van der Waals surface area contributed by atoms with Gasteiger partial charge in [-0.05, 0) is 38.2 Å². The Hall–Kier alpha value is -4.09. The summed E-state index contributed by atoms with van der Waals surface area (Å²) in [7, 11) is 1.64. The van der Waals surface area contributed by atoms with Gasteiger partial charge in [0.25, 0.3) is 0 Å². The molecule has 220 valence electrons. The van der Waals surface area contributed by atoms with E-state index < -0.39 is 6.04 Å². The van der Waals surface area contributed by atoms with Crippen LogP contribution in [-0.2, 0) is 33.8 Å². The number of rotatable bonds is 6. The molecule has 0 aliphatic carbocycles. The summed E-state index contributed by atoms with van der Waals surface area (Å²) < 4.78 is 1.79. The number of hydrogen-bond acceptors (Lipinski definition) is 7. The Morgan fingerprint density at radius 3 is 2.59 bits per heavy atom. The van der Waals surface area contributed by atoms with Gasteiger partial charge in [-0.15, -0.1) is 0 Å². The van der Waals surface area contributed by atoms with Crippen molar-refractivity contribution >= 4 is 17.7 Å². The SMILES string of the molecule is Cc1nc2n(n1)CCN(C(=O)Cc1n[nH]c(Cc3ccccc3)n1)CCCC(=O)N(C)[C@@H](C)C(=O)N[C@@H]2CC(C)C. The number of fused-ring (bicyclic) bond motifs is 1. The standard InChI is InChI=1S/C29H41N9O3/c1-19(2)16-23-28-30-21(4)35-38(28)15-14-37(13-9-12-26(39)36(5)20(3)29(41)31-23)27(40)18-25-32-24(33-34-25)17-22-10-7-6-8-11-22/h6-8,10-11,19-20,23H,9,12-18H2,1-5H3,(H,31,41)(H,32,33,34)/t20-,23+/m0/s1. The monoisotopic (exact) mass is 563 g/mol. The van der Waals surface area contributed by atoms with E-state index in [2.05, 4.69) is 44.4 Å². The summed E-state index contributed by atoms with van der Waals surface area (Å²) in [6.07, 6.45) is 2.00. The highest BCUT2D eigenvalue weighted by molar-refractivity contribution is 5.87. The average Bonchev–Trinajstić information content (AvgIpc) is 3.54. The molecule has 12 heteroatoms. The minimum atomic E-state index is -0.647. The van der Waals surface area contributed by atoms with Gasteiger partial charge in [0.05, 0.1) is 19.0 Å². The number of carbonyl (C=O) groups is 3. The molecule has 0 spiro atoms. The lowest BCUT2D eigenvalue weighted by Crippen LogP contribution is -2.48. The maximum absolute atomic E-state index is 13.5. The number of aromatic amines is 1. The number of H-pyrrole nitrogens is 1. The fraction of sp³-hybridized carbons (Fsp3) is 0.552. The number of aryl methyl sites for hydroxylation is 1. The number of carbonyl (C=O) groups excluding carboxylic acids is 3. The number of hydrogen-bond donors (Lipinski definition) is 2. The zero-order valence-corrected chi connectivity index (χ0v) is 24.6. The third-order valence-corrected chi connectivity index (χ3v) is 7.35. The van der Waals surface area contributed by atoms with E-state index in [1.807, 2.05) is 37.3 Å². The second-order valence-corrected chi connectivity index (χ2v) is 11.1. The molecule has 3 heterocycles. The first kappa shape index (κ1) is 29.9. The van der Waals surface area contributed by atoms with Crippen molar-refractivity contribution in [3.05, 3.63) is 59.2 Å². The van der Waals surface area contributed by atoms with Gasteiger partial charge in [-0.1, -0.05) is 44.2 Å². The number of benzene rings is 1. The van der Waals surface area contributed by atoms with E-state index in [0.717, 1.165) is 5.56 Å². The van der Waals surface area contributed by atoms with Crippen LogP contribution in [0, 0.1) is 12.8 Å². The van der Waals surface area contributed by atoms with Crippen LogP contribution in [0.1, 0.15) is 74.9 Å². The van der Waals surface area contributed by atoms with Crippen molar-refractivity contribution in [2.75, 3.05) is 20.1 Å². The van der Waals surface area contributed by atoms with Gasteiger partial charge in [-0.3, -0.25) is 19.5 Å². The molecule has 41 heavy (non-hydrogen) atoms. The summed E-state index contributed by atoms with van der Waals surface area (Å²) in [5.41, 5.74) is 1.10. The second kappa shape index (κ2) is 13.5. The Bertz CT molecular complexity index is 1330. The first-order chi connectivity index (χ1) is 19.6. The molecule has 0 fully saturated rings. The van der Waals surface area contributed by atoms with Crippen LogP contribution in [0.2, 0.25) is 0 Å². The van der Waals surface area contributed by atoms with Gasteiger partial charge in [0.15, 0.2) is 5.82 Å². The fourth-order valence-corrected chi connectivity index (χ4v) is 4.98. The Morgan fingerprint density at radius 1 is 1.10 bits per heavy atom. The van der Waals surface area contributed by atoms with Crippen LogP contribution in [0.3, 0.4) is 0 Å². The molecule has 3 aromatic rings. The summed E-state index contributed by atoms with van der Waals surface area (Å²) in [5.74, 6) is 2.16. The number of nitrogens with zero attached hydrogens (tertiary/aromatic N) is 7. The molecule has 0 saturated carbocycles. The van der Waals surface area contributed by atoms with Crippen molar-refractivity contribution in [1.29, 1.82) is 0 Å². The number of nitrogens with one attached hydrogen (secondary N) is 2. The average molecular weight is 564 g/mol.